The monoisotopic (exact) mass is 225 g/mol. The van der Waals surface area contributed by atoms with Crippen LogP contribution in [0.25, 0.3) is 11.1 Å². The van der Waals surface area contributed by atoms with E-state index < -0.39 is 10.7 Å². The molecule has 0 unspecified atom stereocenters. The highest BCUT2D eigenvalue weighted by molar-refractivity contribution is 7.71. The average molecular weight is 225 g/mol. The zero-order chi connectivity index (χ0) is 11.0. The van der Waals surface area contributed by atoms with Crippen molar-refractivity contribution in [3.8, 4) is 0 Å². The van der Waals surface area contributed by atoms with Crippen LogP contribution in [-0.2, 0) is 16.5 Å². The second-order valence-electron chi connectivity index (χ2n) is 3.50. The lowest BCUT2D eigenvalue weighted by molar-refractivity contribution is 0.545. The Bertz CT molecular complexity index is 537. The normalized spacial score (nSPS) is 11.4. The molecule has 0 saturated carbocycles. The number of thiol groups is 1. The van der Waals surface area contributed by atoms with Crippen molar-refractivity contribution < 1.29 is 12.8 Å². The van der Waals surface area contributed by atoms with Crippen LogP contribution >= 0.6 is 0 Å². The maximum Gasteiger partial charge on any atom is 0.210 e. The highest BCUT2D eigenvalue weighted by atomic mass is 32.2. The molecule has 1 aromatic heterocycles. The van der Waals surface area contributed by atoms with Gasteiger partial charge >= 0.3 is 0 Å². The quantitative estimate of drug-likeness (QED) is 0.788. The Hall–Kier alpha value is -1.36. The molecule has 4 nitrogen and oxygen atoms in total. The molecule has 80 valence electrons. The van der Waals surface area contributed by atoms with E-state index in [1.165, 1.54) is 0 Å². The summed E-state index contributed by atoms with van der Waals surface area (Å²) in [6.45, 7) is 3.96. The zero-order valence-electron chi connectivity index (χ0n) is 8.48. The molecule has 1 heterocycles. The summed E-state index contributed by atoms with van der Waals surface area (Å²) in [5.41, 5.74) is 3.58. The lowest BCUT2D eigenvalue weighted by Gasteiger charge is -1.96. The molecule has 0 saturated heterocycles. The van der Waals surface area contributed by atoms with E-state index in [9.17, 15) is 8.42 Å². The van der Waals surface area contributed by atoms with Gasteiger partial charge in [-0.05, 0) is 37.1 Å². The summed E-state index contributed by atoms with van der Waals surface area (Å²) in [5, 5.41) is 0. The molecule has 0 N–H and O–H groups in total. The minimum absolute atomic E-state index is 0.137. The van der Waals surface area contributed by atoms with Crippen molar-refractivity contribution in [2.24, 2.45) is 0 Å². The van der Waals surface area contributed by atoms with Crippen molar-refractivity contribution >= 4 is 21.8 Å². The van der Waals surface area contributed by atoms with Crippen LogP contribution in [0.3, 0.4) is 0 Å². The zero-order valence-corrected chi connectivity index (χ0v) is 9.38. The Kier molecular flexibility index (Phi) is 2.48. The van der Waals surface area contributed by atoms with E-state index >= 15 is 0 Å². The molecule has 2 aromatic rings. The Balaban J connectivity index is 2.55. The first kappa shape index (κ1) is 10.2. The molecule has 0 amide bonds. The van der Waals surface area contributed by atoms with Crippen molar-refractivity contribution in [2.45, 2.75) is 19.6 Å². The molecule has 15 heavy (non-hydrogen) atoms. The van der Waals surface area contributed by atoms with Gasteiger partial charge in [-0.15, -0.1) is 0 Å². The molecule has 0 aliphatic carbocycles. The molecule has 0 atom stereocenters. The van der Waals surface area contributed by atoms with Gasteiger partial charge in [0, 0.05) is 0 Å². The molecular formula is C10H11NO3S. The number of aryl methyl sites for hydroxylation is 2. The summed E-state index contributed by atoms with van der Waals surface area (Å²) in [5.74, 6) is 0.119. The summed E-state index contributed by atoms with van der Waals surface area (Å²) >= 11 is 0. The van der Waals surface area contributed by atoms with E-state index in [2.05, 4.69) is 4.98 Å². The standard InChI is InChI=1S/C10H11NO3S/c1-6-3-8-9(4-7(6)2)14-10(11-8)5-15(12)13/h3-4,15H,5H2,1-2H3. The third-order valence-corrected chi connectivity index (χ3v) is 2.84. The van der Waals surface area contributed by atoms with E-state index in [4.69, 9.17) is 4.42 Å². The van der Waals surface area contributed by atoms with Crippen LogP contribution in [0, 0.1) is 13.8 Å². The van der Waals surface area contributed by atoms with Gasteiger partial charge in [0.05, 0.1) is 0 Å². The van der Waals surface area contributed by atoms with Crippen LogP contribution in [0.15, 0.2) is 16.5 Å². The van der Waals surface area contributed by atoms with Gasteiger partial charge in [0.25, 0.3) is 0 Å². The Morgan fingerprint density at radius 1 is 1.27 bits per heavy atom. The topological polar surface area (TPSA) is 60.2 Å². The fraction of sp³-hybridized carbons (Fsp3) is 0.300. The fourth-order valence-corrected chi connectivity index (χ4v) is 1.76. The molecule has 0 spiro atoms. The first-order chi connectivity index (χ1) is 7.06. The Morgan fingerprint density at radius 3 is 2.60 bits per heavy atom. The molecule has 0 aliphatic rings. The highest BCUT2D eigenvalue weighted by Crippen LogP contribution is 2.20. The van der Waals surface area contributed by atoms with Crippen LogP contribution in [0.2, 0.25) is 0 Å². The SMILES string of the molecule is Cc1cc2nc(C[SH](=O)=O)oc2cc1C. The lowest BCUT2D eigenvalue weighted by Crippen LogP contribution is -1.85. The molecule has 0 bridgehead atoms. The second kappa shape index (κ2) is 3.66. The molecular weight excluding hydrogens is 214 g/mol. The Labute approximate surface area is 88.9 Å². The van der Waals surface area contributed by atoms with Crippen LogP contribution in [-0.4, -0.2) is 13.4 Å². The first-order valence-electron chi connectivity index (χ1n) is 4.55. The highest BCUT2D eigenvalue weighted by Gasteiger charge is 2.07. The van der Waals surface area contributed by atoms with Gasteiger partial charge < -0.3 is 4.42 Å². The number of nitrogens with zero attached hydrogens (tertiary/aromatic N) is 1. The number of aromatic nitrogens is 1. The average Bonchev–Trinajstić information content (AvgIpc) is 2.46. The number of hydrogen-bond acceptors (Lipinski definition) is 4. The van der Waals surface area contributed by atoms with Crippen LogP contribution in [0.4, 0.5) is 0 Å². The van der Waals surface area contributed by atoms with E-state index in [-0.39, 0.29) is 11.6 Å². The summed E-state index contributed by atoms with van der Waals surface area (Å²) < 4.78 is 26.4. The first-order valence-corrected chi connectivity index (χ1v) is 5.91. The Morgan fingerprint density at radius 2 is 1.93 bits per heavy atom. The number of benzene rings is 1. The summed E-state index contributed by atoms with van der Waals surface area (Å²) in [6.07, 6.45) is 0. The van der Waals surface area contributed by atoms with E-state index in [1.807, 2.05) is 26.0 Å². The van der Waals surface area contributed by atoms with Gasteiger partial charge in [0.2, 0.25) is 5.89 Å². The van der Waals surface area contributed by atoms with Crippen molar-refractivity contribution in [2.75, 3.05) is 0 Å². The largest absolute Gasteiger partial charge is 0.440 e. The maximum atomic E-state index is 10.5. The fourth-order valence-electron chi connectivity index (χ4n) is 1.41. The molecule has 0 radical (unpaired) electrons. The van der Waals surface area contributed by atoms with Crippen molar-refractivity contribution in [1.82, 2.24) is 4.98 Å². The smallest absolute Gasteiger partial charge is 0.210 e. The van der Waals surface area contributed by atoms with Gasteiger partial charge in [0.1, 0.15) is 22.0 Å². The summed E-state index contributed by atoms with van der Waals surface area (Å²) in [7, 11) is -2.49. The second-order valence-corrected chi connectivity index (χ2v) is 4.48. The summed E-state index contributed by atoms with van der Waals surface area (Å²) in [6, 6.07) is 3.77. The maximum absolute atomic E-state index is 10.5. The van der Waals surface area contributed by atoms with Crippen molar-refractivity contribution in [3.63, 3.8) is 0 Å². The van der Waals surface area contributed by atoms with Crippen LogP contribution in [0.1, 0.15) is 17.0 Å². The van der Waals surface area contributed by atoms with Crippen LogP contribution < -0.4 is 0 Å². The number of hydrogen-bond donors (Lipinski definition) is 1. The van der Waals surface area contributed by atoms with Crippen molar-refractivity contribution in [3.05, 3.63) is 29.2 Å². The van der Waals surface area contributed by atoms with E-state index in [0.717, 1.165) is 11.1 Å². The molecule has 5 heteroatoms. The van der Waals surface area contributed by atoms with Gasteiger partial charge in [0.15, 0.2) is 5.58 Å². The van der Waals surface area contributed by atoms with E-state index in [0.29, 0.717) is 11.1 Å². The van der Waals surface area contributed by atoms with Crippen molar-refractivity contribution in [1.29, 1.82) is 0 Å². The lowest BCUT2D eigenvalue weighted by atomic mass is 10.1. The predicted molar refractivity (Wildman–Crippen MR) is 57.5 cm³/mol. The van der Waals surface area contributed by atoms with Gasteiger partial charge in [-0.3, -0.25) is 0 Å². The van der Waals surface area contributed by atoms with Gasteiger partial charge in [-0.25, -0.2) is 13.4 Å². The number of oxazole rings is 1. The van der Waals surface area contributed by atoms with Crippen LogP contribution in [0.5, 0.6) is 0 Å². The number of fused-ring (bicyclic) bond motifs is 1. The van der Waals surface area contributed by atoms with Gasteiger partial charge in [-0.1, -0.05) is 0 Å². The molecule has 1 aromatic carbocycles. The summed E-state index contributed by atoms with van der Waals surface area (Å²) in [4.78, 5) is 4.10. The molecule has 2 rings (SSSR count). The van der Waals surface area contributed by atoms with Gasteiger partial charge in [-0.2, -0.15) is 0 Å². The predicted octanol–water partition coefficient (Wildman–Crippen LogP) is 1.56. The minimum atomic E-state index is -2.49. The third kappa shape index (κ3) is 2.02. The number of rotatable bonds is 2. The third-order valence-electron chi connectivity index (χ3n) is 2.31. The van der Waals surface area contributed by atoms with E-state index in [1.54, 1.807) is 0 Å². The molecule has 0 fully saturated rings. The minimum Gasteiger partial charge on any atom is -0.440 e. The molecule has 0 aliphatic heterocycles.